The van der Waals surface area contributed by atoms with Crippen LogP contribution in [0.1, 0.15) is 131 Å². The third-order valence-corrected chi connectivity index (χ3v) is 13.7. The molecule has 0 aromatic heterocycles. The molecule has 0 bridgehead atoms. The third-order valence-electron chi connectivity index (χ3n) is 13.7. The minimum absolute atomic E-state index is 0.00267. The minimum atomic E-state index is -0.766. The zero-order valence-electron chi connectivity index (χ0n) is 36.3. The molecule has 4 aliphatic rings. The van der Waals surface area contributed by atoms with Crippen LogP contribution in [-0.4, -0.2) is 77.6 Å². The van der Waals surface area contributed by atoms with E-state index in [1.807, 2.05) is 37.8 Å². The number of methoxy groups -OCH3 is 1. The third kappa shape index (κ3) is 9.45. The van der Waals surface area contributed by atoms with Crippen LogP contribution >= 0.6 is 0 Å². The van der Waals surface area contributed by atoms with E-state index in [9.17, 15) is 24.0 Å². The summed E-state index contributed by atoms with van der Waals surface area (Å²) in [5, 5.41) is 2.66. The summed E-state index contributed by atoms with van der Waals surface area (Å²) in [6.07, 6.45) is 8.58. The van der Waals surface area contributed by atoms with Crippen molar-refractivity contribution in [3.05, 3.63) is 112 Å². The number of ether oxygens (including phenoxy) is 1. The molecular weight excluding hydrogens is 751 g/mol. The van der Waals surface area contributed by atoms with Gasteiger partial charge in [-0.15, -0.1) is 0 Å². The Morgan fingerprint density at radius 3 is 1.68 bits per heavy atom. The number of Topliss-reactive ketones (excluding diaryl/α,β-unsaturated/α-hetero) is 2. The number of hydrogen-bond acceptors (Lipinski definition) is 6. The molecule has 7 rings (SSSR count). The van der Waals surface area contributed by atoms with Crippen molar-refractivity contribution in [2.24, 2.45) is 17.8 Å². The Balaban J connectivity index is 1.05. The normalized spacial score (nSPS) is 22.5. The Bertz CT molecular complexity index is 2070. The number of nitrogens with zero attached hydrogens (tertiary/aromatic N) is 2. The van der Waals surface area contributed by atoms with E-state index in [2.05, 4.69) is 85.9 Å². The van der Waals surface area contributed by atoms with E-state index in [0.29, 0.717) is 31.8 Å². The van der Waals surface area contributed by atoms with Crippen LogP contribution in [0.15, 0.2) is 78.9 Å². The second kappa shape index (κ2) is 18.7. The highest BCUT2D eigenvalue weighted by molar-refractivity contribution is 5.94. The summed E-state index contributed by atoms with van der Waals surface area (Å²) in [6.45, 7) is 11.0. The highest BCUT2D eigenvalue weighted by atomic mass is 16.5. The summed E-state index contributed by atoms with van der Waals surface area (Å²) in [4.78, 5) is 69.6. The molecule has 4 unspecified atom stereocenters. The van der Waals surface area contributed by atoms with Crippen LogP contribution in [0.3, 0.4) is 0 Å². The first-order chi connectivity index (χ1) is 28.8. The largest absolute Gasteiger partial charge is 0.453 e. The van der Waals surface area contributed by atoms with Crippen molar-refractivity contribution in [2.75, 3.05) is 20.2 Å². The molecule has 3 aromatic rings. The van der Waals surface area contributed by atoms with Gasteiger partial charge in [0.15, 0.2) is 11.6 Å². The van der Waals surface area contributed by atoms with Crippen molar-refractivity contribution in [1.29, 1.82) is 0 Å². The van der Waals surface area contributed by atoms with E-state index in [0.717, 1.165) is 42.4 Å². The lowest BCUT2D eigenvalue weighted by molar-refractivity contribution is -0.141. The number of rotatable bonds is 15. The predicted octanol–water partition coefficient (Wildman–Crippen LogP) is 8.80. The monoisotopic (exact) mass is 813 g/mol. The smallest absolute Gasteiger partial charge is 0.407 e. The van der Waals surface area contributed by atoms with Crippen molar-refractivity contribution in [1.82, 2.24) is 15.1 Å². The molecule has 0 radical (unpaired) electrons. The highest BCUT2D eigenvalue weighted by Gasteiger charge is 2.40. The molecule has 3 amide bonds. The molecule has 60 heavy (non-hydrogen) atoms. The summed E-state index contributed by atoms with van der Waals surface area (Å²) < 4.78 is 4.76. The van der Waals surface area contributed by atoms with E-state index >= 15 is 0 Å². The molecule has 2 saturated heterocycles. The van der Waals surface area contributed by atoms with Gasteiger partial charge in [-0.2, -0.15) is 0 Å². The number of carbonyl (C=O) groups excluding carboxylic acids is 5. The van der Waals surface area contributed by atoms with Gasteiger partial charge >= 0.3 is 6.09 Å². The second-order valence-corrected chi connectivity index (χ2v) is 18.4. The minimum Gasteiger partial charge on any atom is -0.453 e. The first kappa shape index (κ1) is 43.1. The van der Waals surface area contributed by atoms with Crippen LogP contribution in [-0.2, 0) is 36.8 Å². The molecular formula is C51H63N3O6. The molecule has 2 heterocycles. The molecule has 1 N–H and O–H groups in total. The number of nitrogens with one attached hydrogen (secondary N) is 1. The number of hydrogen-bond donors (Lipinski definition) is 1. The molecule has 2 aliphatic heterocycles. The fourth-order valence-electron chi connectivity index (χ4n) is 9.65. The van der Waals surface area contributed by atoms with Gasteiger partial charge in [-0.25, -0.2) is 4.79 Å². The quantitative estimate of drug-likeness (QED) is 0.164. The molecule has 2 aliphatic carbocycles. The maximum atomic E-state index is 13.7. The Morgan fingerprint density at radius 2 is 1.17 bits per heavy atom. The molecule has 9 nitrogen and oxygen atoms in total. The Labute approximate surface area is 356 Å². The summed E-state index contributed by atoms with van der Waals surface area (Å²) >= 11 is 0. The second-order valence-electron chi connectivity index (χ2n) is 18.4. The molecule has 6 atom stereocenters. The summed E-state index contributed by atoms with van der Waals surface area (Å²) in [5.41, 5.74) is 8.19. The molecule has 0 spiro atoms. The zero-order valence-corrected chi connectivity index (χ0v) is 36.3. The van der Waals surface area contributed by atoms with Gasteiger partial charge in [-0.3, -0.25) is 19.2 Å². The Kier molecular flexibility index (Phi) is 13.4. The van der Waals surface area contributed by atoms with Crippen LogP contribution in [0.25, 0.3) is 5.57 Å². The number of likely N-dealkylation sites (tertiary alicyclic amines) is 2. The van der Waals surface area contributed by atoms with Gasteiger partial charge in [0.2, 0.25) is 11.8 Å². The lowest BCUT2D eigenvalue weighted by Gasteiger charge is -2.30. The first-order valence-corrected chi connectivity index (χ1v) is 22.3. The van der Waals surface area contributed by atoms with Crippen LogP contribution in [0, 0.1) is 17.8 Å². The SMILES string of the molecule is COC(=O)N[C@H](C(=O)N1CCCC1C(=O)Cc1ccc(C2=CCC(c3ccc(CC(=O)C4CCCN4C(=O)[C@@H](C)C(C)C)cc3)C2c2ccc(C3CC3)cc2)cc1)C(C)C. The van der Waals surface area contributed by atoms with Gasteiger partial charge < -0.3 is 19.9 Å². The number of allylic oxidation sites excluding steroid dienone is 2. The van der Waals surface area contributed by atoms with Gasteiger partial charge in [0.1, 0.15) is 6.04 Å². The maximum Gasteiger partial charge on any atom is 0.407 e. The average molecular weight is 814 g/mol. The van der Waals surface area contributed by atoms with Crippen molar-refractivity contribution in [2.45, 2.75) is 128 Å². The molecule has 1 saturated carbocycles. The number of alkyl carbamates (subject to hydrolysis) is 1. The van der Waals surface area contributed by atoms with E-state index in [1.54, 1.807) is 4.90 Å². The number of carbonyl (C=O) groups is 5. The average Bonchev–Trinajstić information content (AvgIpc) is 3.58. The Morgan fingerprint density at radius 1 is 0.650 bits per heavy atom. The molecule has 3 fully saturated rings. The van der Waals surface area contributed by atoms with Gasteiger partial charge in [0.25, 0.3) is 0 Å². The Hall–Kier alpha value is -5.05. The zero-order chi connectivity index (χ0) is 42.7. The topological polar surface area (TPSA) is 113 Å². The van der Waals surface area contributed by atoms with Crippen molar-refractivity contribution in [3.8, 4) is 0 Å². The maximum absolute atomic E-state index is 13.7. The first-order valence-electron chi connectivity index (χ1n) is 22.3. The number of benzene rings is 3. The van der Waals surface area contributed by atoms with Gasteiger partial charge in [-0.1, -0.05) is 113 Å². The fourth-order valence-corrected chi connectivity index (χ4v) is 9.65. The van der Waals surface area contributed by atoms with Gasteiger partial charge in [0, 0.05) is 37.8 Å². The van der Waals surface area contributed by atoms with Crippen LogP contribution in [0.2, 0.25) is 0 Å². The number of amides is 3. The van der Waals surface area contributed by atoms with Crippen molar-refractivity contribution < 1.29 is 28.7 Å². The highest BCUT2D eigenvalue weighted by Crippen LogP contribution is 2.51. The molecule has 318 valence electrons. The lowest BCUT2D eigenvalue weighted by Crippen LogP contribution is -2.53. The van der Waals surface area contributed by atoms with E-state index in [4.69, 9.17) is 4.74 Å². The van der Waals surface area contributed by atoms with Gasteiger partial charge in [0.05, 0.1) is 19.2 Å². The standard InChI is InChI=1S/C51H63N3O6/c1-31(2)33(5)49(57)53-27-7-9-43(53)45(55)29-34-11-15-38(16-12-34)41-25-26-42(47(41)40-23-21-37(22-24-40)36-19-20-36)39-17-13-35(14-18-39)30-46(56)44-10-8-28-54(44)50(58)48(32(3)4)52-51(59)60-6/h11-18,21-24,26,31-33,36,41,43-44,47-48H,7-10,19-20,25,27-30H2,1-6H3,(H,52,59)/t33-,41?,43?,44?,47?,48-/m0/s1. The molecule has 3 aromatic carbocycles. The molecule has 9 heteroatoms. The summed E-state index contributed by atoms with van der Waals surface area (Å²) in [5.74, 6) is 0.964. The summed E-state index contributed by atoms with van der Waals surface area (Å²) in [6, 6.07) is 24.5. The van der Waals surface area contributed by atoms with E-state index in [1.165, 1.54) is 42.2 Å². The van der Waals surface area contributed by atoms with Crippen LogP contribution in [0.4, 0.5) is 4.79 Å². The van der Waals surface area contributed by atoms with Crippen LogP contribution in [0.5, 0.6) is 0 Å². The predicted molar refractivity (Wildman–Crippen MR) is 234 cm³/mol. The fraction of sp³-hybridized carbons (Fsp3) is 0.510. The van der Waals surface area contributed by atoms with Gasteiger partial charge in [-0.05, 0) is 108 Å². The van der Waals surface area contributed by atoms with Crippen LogP contribution < -0.4 is 5.32 Å². The van der Waals surface area contributed by atoms with E-state index in [-0.39, 0.29) is 65.4 Å². The summed E-state index contributed by atoms with van der Waals surface area (Å²) in [7, 11) is 1.27. The lowest BCUT2D eigenvalue weighted by atomic mass is 9.78. The van der Waals surface area contributed by atoms with Crippen molar-refractivity contribution >= 4 is 35.0 Å². The van der Waals surface area contributed by atoms with Crippen molar-refractivity contribution in [3.63, 3.8) is 0 Å². The number of ketones is 2. The van der Waals surface area contributed by atoms with E-state index < -0.39 is 18.2 Å².